The van der Waals surface area contributed by atoms with E-state index in [1.807, 2.05) is 0 Å². The lowest BCUT2D eigenvalue weighted by atomic mass is 9.75. The second-order valence-corrected chi connectivity index (χ2v) is 5.16. The first-order valence-electron chi connectivity index (χ1n) is 5.13. The van der Waals surface area contributed by atoms with E-state index in [-0.39, 0.29) is 11.0 Å². The first-order valence-corrected chi connectivity index (χ1v) is 5.13. The van der Waals surface area contributed by atoms with Gasteiger partial charge in [0.05, 0.1) is 5.71 Å². The Bertz CT molecular complexity index is 215. The maximum absolute atomic E-state index is 5.56. The maximum Gasteiger partial charge on any atom is 0.145 e. The van der Waals surface area contributed by atoms with Gasteiger partial charge < -0.3 is 4.84 Å². The Labute approximate surface area is 81.3 Å². The molecule has 0 saturated heterocycles. The molecule has 0 aromatic carbocycles. The highest BCUT2D eigenvalue weighted by Gasteiger charge is 2.44. The van der Waals surface area contributed by atoms with Crippen molar-refractivity contribution in [1.29, 1.82) is 0 Å². The minimum Gasteiger partial charge on any atom is -0.389 e. The molecule has 0 aliphatic carbocycles. The van der Waals surface area contributed by atoms with Crippen LogP contribution in [-0.2, 0) is 4.84 Å². The van der Waals surface area contributed by atoms with Crippen LogP contribution in [0.4, 0.5) is 0 Å². The average molecular weight is 183 g/mol. The minimum atomic E-state index is -0.0997. The Hall–Kier alpha value is -0.530. The number of hydrogen-bond donors (Lipinski definition) is 0. The summed E-state index contributed by atoms with van der Waals surface area (Å²) in [5.74, 6) is 0. The third kappa shape index (κ3) is 2.04. The summed E-state index contributed by atoms with van der Waals surface area (Å²) >= 11 is 0. The van der Waals surface area contributed by atoms with Crippen LogP contribution < -0.4 is 0 Å². The molecule has 76 valence electrons. The lowest BCUT2D eigenvalue weighted by molar-refractivity contribution is -0.0810. The van der Waals surface area contributed by atoms with E-state index in [1.54, 1.807) is 0 Å². The second-order valence-electron chi connectivity index (χ2n) is 5.16. The SMILES string of the molecule is CCCC1=NOC(C)(C(C)(C)C)C1. The van der Waals surface area contributed by atoms with Crippen LogP contribution in [0.2, 0.25) is 0 Å². The molecule has 1 unspecified atom stereocenters. The van der Waals surface area contributed by atoms with Gasteiger partial charge in [-0.15, -0.1) is 0 Å². The Morgan fingerprint density at radius 1 is 1.46 bits per heavy atom. The monoisotopic (exact) mass is 183 g/mol. The summed E-state index contributed by atoms with van der Waals surface area (Å²) in [7, 11) is 0. The van der Waals surface area contributed by atoms with Gasteiger partial charge in [0.25, 0.3) is 0 Å². The standard InChI is InChI=1S/C11H21NO/c1-6-7-9-8-11(5,13-12-9)10(2,3)4/h6-8H2,1-5H3. The van der Waals surface area contributed by atoms with Crippen LogP contribution >= 0.6 is 0 Å². The Morgan fingerprint density at radius 2 is 2.08 bits per heavy atom. The van der Waals surface area contributed by atoms with Crippen LogP contribution in [-0.4, -0.2) is 11.3 Å². The molecule has 13 heavy (non-hydrogen) atoms. The van der Waals surface area contributed by atoms with Crippen molar-refractivity contribution in [3.63, 3.8) is 0 Å². The van der Waals surface area contributed by atoms with Gasteiger partial charge in [0.15, 0.2) is 0 Å². The highest BCUT2D eigenvalue weighted by Crippen LogP contribution is 2.40. The first kappa shape index (κ1) is 10.6. The predicted octanol–water partition coefficient (Wildman–Crippen LogP) is 3.37. The maximum atomic E-state index is 5.56. The zero-order valence-electron chi connectivity index (χ0n) is 9.48. The topological polar surface area (TPSA) is 21.6 Å². The zero-order chi connectivity index (χ0) is 10.1. The molecule has 1 rings (SSSR count). The van der Waals surface area contributed by atoms with Crippen molar-refractivity contribution < 1.29 is 4.84 Å². The number of hydrogen-bond acceptors (Lipinski definition) is 2. The lowest BCUT2D eigenvalue weighted by Gasteiger charge is -2.35. The number of nitrogens with zero attached hydrogens (tertiary/aromatic N) is 1. The lowest BCUT2D eigenvalue weighted by Crippen LogP contribution is -2.39. The van der Waals surface area contributed by atoms with E-state index < -0.39 is 0 Å². The van der Waals surface area contributed by atoms with Crippen molar-refractivity contribution in [1.82, 2.24) is 0 Å². The van der Waals surface area contributed by atoms with E-state index in [2.05, 4.69) is 39.8 Å². The molecule has 0 aromatic rings. The minimum absolute atomic E-state index is 0.0997. The molecular formula is C11H21NO. The van der Waals surface area contributed by atoms with Crippen LogP contribution in [0.25, 0.3) is 0 Å². The highest BCUT2D eigenvalue weighted by molar-refractivity contribution is 5.86. The summed E-state index contributed by atoms with van der Waals surface area (Å²) in [5, 5.41) is 4.16. The smallest absolute Gasteiger partial charge is 0.145 e. The summed E-state index contributed by atoms with van der Waals surface area (Å²) in [4.78, 5) is 5.56. The summed E-state index contributed by atoms with van der Waals surface area (Å²) < 4.78 is 0. The van der Waals surface area contributed by atoms with Crippen LogP contribution in [0.5, 0.6) is 0 Å². The van der Waals surface area contributed by atoms with Crippen LogP contribution in [0, 0.1) is 5.41 Å². The summed E-state index contributed by atoms with van der Waals surface area (Å²) in [6, 6.07) is 0. The third-order valence-electron chi connectivity index (χ3n) is 3.04. The zero-order valence-corrected chi connectivity index (χ0v) is 9.48. The van der Waals surface area contributed by atoms with Gasteiger partial charge >= 0.3 is 0 Å². The number of rotatable bonds is 2. The van der Waals surface area contributed by atoms with Gasteiger partial charge in [-0.2, -0.15) is 0 Å². The van der Waals surface area contributed by atoms with Gasteiger partial charge in [-0.05, 0) is 13.3 Å². The quantitative estimate of drug-likeness (QED) is 0.643. The third-order valence-corrected chi connectivity index (χ3v) is 3.04. The van der Waals surface area contributed by atoms with Crippen LogP contribution in [0.3, 0.4) is 0 Å². The van der Waals surface area contributed by atoms with E-state index in [0.717, 1.165) is 19.3 Å². The molecule has 0 aromatic heterocycles. The molecule has 0 amide bonds. The average Bonchev–Trinajstić information content (AvgIpc) is 2.32. The molecule has 1 heterocycles. The molecule has 0 bridgehead atoms. The fraction of sp³-hybridized carbons (Fsp3) is 0.909. The Morgan fingerprint density at radius 3 is 2.46 bits per heavy atom. The van der Waals surface area contributed by atoms with Crippen LogP contribution in [0.1, 0.15) is 53.9 Å². The van der Waals surface area contributed by atoms with E-state index in [4.69, 9.17) is 4.84 Å². The molecule has 0 radical (unpaired) electrons. The van der Waals surface area contributed by atoms with Gasteiger partial charge in [-0.3, -0.25) is 0 Å². The fourth-order valence-corrected chi connectivity index (χ4v) is 1.44. The molecule has 2 nitrogen and oxygen atoms in total. The van der Waals surface area contributed by atoms with E-state index in [0.29, 0.717) is 0 Å². The van der Waals surface area contributed by atoms with Gasteiger partial charge in [0.1, 0.15) is 5.60 Å². The van der Waals surface area contributed by atoms with Crippen molar-refractivity contribution in [2.75, 3.05) is 0 Å². The molecule has 0 saturated carbocycles. The summed E-state index contributed by atoms with van der Waals surface area (Å²) in [5.41, 5.74) is 1.28. The number of oxime groups is 1. The van der Waals surface area contributed by atoms with Crippen molar-refractivity contribution in [2.45, 2.75) is 59.5 Å². The van der Waals surface area contributed by atoms with Gasteiger partial charge in [0.2, 0.25) is 0 Å². The molecule has 1 aliphatic heterocycles. The normalized spacial score (nSPS) is 28.5. The molecule has 0 N–H and O–H groups in total. The second kappa shape index (κ2) is 3.32. The van der Waals surface area contributed by atoms with Crippen molar-refractivity contribution in [3.8, 4) is 0 Å². The fourth-order valence-electron chi connectivity index (χ4n) is 1.44. The predicted molar refractivity (Wildman–Crippen MR) is 55.9 cm³/mol. The Kier molecular flexibility index (Phi) is 2.69. The van der Waals surface area contributed by atoms with E-state index in [9.17, 15) is 0 Å². The molecule has 1 aliphatic rings. The van der Waals surface area contributed by atoms with Gasteiger partial charge in [0, 0.05) is 11.8 Å². The highest BCUT2D eigenvalue weighted by atomic mass is 16.7. The molecule has 1 atom stereocenters. The largest absolute Gasteiger partial charge is 0.389 e. The van der Waals surface area contributed by atoms with E-state index >= 15 is 0 Å². The summed E-state index contributed by atoms with van der Waals surface area (Å²) in [6.45, 7) is 10.9. The molecule has 0 spiro atoms. The molecule has 0 fully saturated rings. The molecular weight excluding hydrogens is 162 g/mol. The summed E-state index contributed by atoms with van der Waals surface area (Å²) in [6.07, 6.45) is 3.22. The van der Waals surface area contributed by atoms with Crippen molar-refractivity contribution >= 4 is 5.71 Å². The van der Waals surface area contributed by atoms with Crippen molar-refractivity contribution in [2.24, 2.45) is 10.6 Å². The van der Waals surface area contributed by atoms with Gasteiger partial charge in [-0.1, -0.05) is 39.3 Å². The van der Waals surface area contributed by atoms with E-state index in [1.165, 1.54) is 5.71 Å². The van der Waals surface area contributed by atoms with Gasteiger partial charge in [-0.25, -0.2) is 0 Å². The van der Waals surface area contributed by atoms with Crippen molar-refractivity contribution in [3.05, 3.63) is 0 Å². The van der Waals surface area contributed by atoms with Crippen LogP contribution in [0.15, 0.2) is 5.16 Å². The first-order chi connectivity index (χ1) is 5.89. The molecule has 2 heteroatoms. The Balaban J connectivity index is 2.62.